The number of hydrogen-bond acceptors (Lipinski definition) is 3. The van der Waals surface area contributed by atoms with Crippen molar-refractivity contribution in [3.8, 4) is 11.4 Å². The van der Waals surface area contributed by atoms with Crippen LogP contribution in [0, 0.1) is 4.77 Å². The topological polar surface area (TPSA) is 42.8 Å². The molecule has 0 fully saturated rings. The van der Waals surface area contributed by atoms with Gasteiger partial charge >= 0.3 is 0 Å². The Labute approximate surface area is 104 Å². The fourth-order valence-electron chi connectivity index (χ4n) is 2.14. The summed E-state index contributed by atoms with van der Waals surface area (Å²) in [5.74, 6) is 0.896. The summed E-state index contributed by atoms with van der Waals surface area (Å²) in [6.45, 7) is 4.29. The molecular weight excluding hydrogens is 234 g/mol. The first-order valence-corrected chi connectivity index (χ1v) is 6.05. The van der Waals surface area contributed by atoms with E-state index in [1.54, 1.807) is 0 Å². The van der Waals surface area contributed by atoms with Crippen LogP contribution in [0.5, 0.6) is 0 Å². The molecule has 0 aliphatic carbocycles. The first-order valence-electron chi connectivity index (χ1n) is 5.64. The summed E-state index contributed by atoms with van der Waals surface area (Å²) in [5, 5.41) is 7.13. The average molecular weight is 247 g/mol. The highest BCUT2D eigenvalue weighted by molar-refractivity contribution is 7.71. The van der Waals surface area contributed by atoms with Crippen molar-refractivity contribution in [1.82, 2.24) is 14.8 Å². The molecule has 2 aromatic rings. The highest BCUT2D eigenvalue weighted by atomic mass is 32.1. The lowest BCUT2D eigenvalue weighted by Gasteiger charge is -2.05. The highest BCUT2D eigenvalue weighted by Gasteiger charge is 2.14. The van der Waals surface area contributed by atoms with Crippen molar-refractivity contribution in [1.29, 1.82) is 0 Å². The SMILES string of the molecule is CCn1c(-c2ccc3c(c2)COC3)n[nH]c1=S. The molecule has 0 unspecified atom stereocenters. The van der Waals surface area contributed by atoms with Gasteiger partial charge in [0.2, 0.25) is 0 Å². The van der Waals surface area contributed by atoms with Crippen molar-refractivity contribution in [2.24, 2.45) is 0 Å². The van der Waals surface area contributed by atoms with E-state index in [-0.39, 0.29) is 0 Å². The lowest BCUT2D eigenvalue weighted by Crippen LogP contribution is -1.98. The van der Waals surface area contributed by atoms with Gasteiger partial charge < -0.3 is 9.30 Å². The van der Waals surface area contributed by atoms with Gasteiger partial charge in [-0.1, -0.05) is 12.1 Å². The van der Waals surface area contributed by atoms with Gasteiger partial charge in [-0.15, -0.1) is 0 Å². The van der Waals surface area contributed by atoms with E-state index in [2.05, 4.69) is 35.3 Å². The zero-order chi connectivity index (χ0) is 11.8. The number of ether oxygens (including phenoxy) is 1. The zero-order valence-corrected chi connectivity index (χ0v) is 10.4. The minimum atomic E-state index is 0.666. The molecule has 1 aromatic carbocycles. The van der Waals surface area contributed by atoms with Crippen molar-refractivity contribution in [2.45, 2.75) is 26.7 Å². The van der Waals surface area contributed by atoms with Crippen molar-refractivity contribution < 1.29 is 4.74 Å². The van der Waals surface area contributed by atoms with Gasteiger partial charge in [-0.25, -0.2) is 0 Å². The maximum absolute atomic E-state index is 5.41. The van der Waals surface area contributed by atoms with Crippen LogP contribution in [0.3, 0.4) is 0 Å². The molecule has 4 nitrogen and oxygen atoms in total. The summed E-state index contributed by atoms with van der Waals surface area (Å²) in [5.41, 5.74) is 3.61. The van der Waals surface area contributed by atoms with E-state index in [1.807, 2.05) is 4.57 Å². The van der Waals surface area contributed by atoms with Crippen LogP contribution in [0.1, 0.15) is 18.1 Å². The Morgan fingerprint density at radius 2 is 2.24 bits per heavy atom. The number of rotatable bonds is 2. The number of nitrogens with zero attached hydrogens (tertiary/aromatic N) is 2. The van der Waals surface area contributed by atoms with Gasteiger partial charge in [0, 0.05) is 12.1 Å². The van der Waals surface area contributed by atoms with E-state index in [1.165, 1.54) is 11.1 Å². The van der Waals surface area contributed by atoms with Gasteiger partial charge in [0.15, 0.2) is 10.6 Å². The van der Waals surface area contributed by atoms with Gasteiger partial charge in [-0.05, 0) is 36.3 Å². The predicted octanol–water partition coefficient (Wildman–Crippen LogP) is 2.66. The van der Waals surface area contributed by atoms with E-state index >= 15 is 0 Å². The number of H-pyrrole nitrogens is 1. The van der Waals surface area contributed by atoms with Crippen molar-refractivity contribution in [3.63, 3.8) is 0 Å². The number of aromatic nitrogens is 3. The maximum atomic E-state index is 5.41. The Balaban J connectivity index is 2.12. The monoisotopic (exact) mass is 247 g/mol. The minimum absolute atomic E-state index is 0.666. The maximum Gasteiger partial charge on any atom is 0.195 e. The molecule has 0 bridgehead atoms. The largest absolute Gasteiger partial charge is 0.372 e. The first kappa shape index (κ1) is 10.7. The van der Waals surface area contributed by atoms with E-state index in [9.17, 15) is 0 Å². The number of benzene rings is 1. The highest BCUT2D eigenvalue weighted by Crippen LogP contribution is 2.25. The van der Waals surface area contributed by atoms with Gasteiger partial charge in [-0.2, -0.15) is 5.10 Å². The molecule has 1 aliphatic heterocycles. The Hall–Kier alpha value is -1.46. The molecule has 0 saturated heterocycles. The lowest BCUT2D eigenvalue weighted by molar-refractivity contribution is 0.134. The number of nitrogens with one attached hydrogen (secondary N) is 1. The first-order chi connectivity index (χ1) is 8.29. The van der Waals surface area contributed by atoms with Gasteiger partial charge in [0.05, 0.1) is 13.2 Å². The molecule has 1 N–H and O–H groups in total. The number of hydrogen-bond donors (Lipinski definition) is 1. The van der Waals surface area contributed by atoms with Crippen LogP contribution in [0.4, 0.5) is 0 Å². The van der Waals surface area contributed by atoms with Gasteiger partial charge in [-0.3, -0.25) is 5.10 Å². The van der Waals surface area contributed by atoms with Crippen LogP contribution >= 0.6 is 12.2 Å². The molecule has 1 aliphatic rings. The Bertz CT molecular complexity index is 614. The summed E-state index contributed by atoms with van der Waals surface area (Å²) in [7, 11) is 0. The molecule has 88 valence electrons. The van der Waals surface area contributed by atoms with E-state index in [0.29, 0.717) is 11.4 Å². The molecule has 3 rings (SSSR count). The molecule has 0 atom stereocenters. The van der Waals surface area contributed by atoms with Crippen LogP contribution in [-0.4, -0.2) is 14.8 Å². The van der Waals surface area contributed by atoms with Crippen molar-refractivity contribution in [2.75, 3.05) is 0 Å². The Morgan fingerprint density at radius 3 is 3.06 bits per heavy atom. The van der Waals surface area contributed by atoms with Crippen LogP contribution < -0.4 is 0 Å². The van der Waals surface area contributed by atoms with E-state index in [4.69, 9.17) is 17.0 Å². The molecule has 17 heavy (non-hydrogen) atoms. The summed E-state index contributed by atoms with van der Waals surface area (Å²) in [6.07, 6.45) is 0. The Kier molecular flexibility index (Phi) is 2.57. The van der Waals surface area contributed by atoms with Crippen LogP contribution in [-0.2, 0) is 24.5 Å². The predicted molar refractivity (Wildman–Crippen MR) is 67.0 cm³/mol. The van der Waals surface area contributed by atoms with Crippen LogP contribution in [0.2, 0.25) is 0 Å². The fourth-order valence-corrected chi connectivity index (χ4v) is 2.40. The van der Waals surface area contributed by atoms with Gasteiger partial charge in [0.1, 0.15) is 0 Å². The third-order valence-corrected chi connectivity index (χ3v) is 3.37. The fraction of sp³-hybridized carbons (Fsp3) is 0.333. The summed E-state index contributed by atoms with van der Waals surface area (Å²) < 4.78 is 8.07. The van der Waals surface area contributed by atoms with Crippen molar-refractivity contribution >= 4 is 12.2 Å². The molecule has 2 heterocycles. The molecule has 0 amide bonds. The minimum Gasteiger partial charge on any atom is -0.372 e. The summed E-state index contributed by atoms with van der Waals surface area (Å²) in [4.78, 5) is 0. The number of aromatic amines is 1. The lowest BCUT2D eigenvalue weighted by atomic mass is 10.1. The van der Waals surface area contributed by atoms with E-state index in [0.717, 1.165) is 24.5 Å². The molecule has 0 saturated carbocycles. The standard InChI is InChI=1S/C12H13N3OS/c1-2-15-11(13-14-12(15)17)8-3-4-9-6-16-7-10(9)5-8/h3-5H,2,6-7H2,1H3,(H,14,17). The molecule has 0 radical (unpaired) electrons. The molecule has 1 aromatic heterocycles. The van der Waals surface area contributed by atoms with Crippen LogP contribution in [0.15, 0.2) is 18.2 Å². The molecular formula is C12H13N3OS. The molecule has 0 spiro atoms. The molecule has 5 heteroatoms. The summed E-state index contributed by atoms with van der Waals surface area (Å²) in [6, 6.07) is 6.32. The third kappa shape index (κ3) is 1.71. The Morgan fingerprint density at radius 1 is 1.41 bits per heavy atom. The second-order valence-corrected chi connectivity index (χ2v) is 4.46. The number of fused-ring (bicyclic) bond motifs is 1. The third-order valence-electron chi connectivity index (χ3n) is 3.05. The zero-order valence-electron chi connectivity index (χ0n) is 9.56. The van der Waals surface area contributed by atoms with Gasteiger partial charge in [0.25, 0.3) is 0 Å². The van der Waals surface area contributed by atoms with Crippen molar-refractivity contribution in [3.05, 3.63) is 34.1 Å². The van der Waals surface area contributed by atoms with E-state index < -0.39 is 0 Å². The smallest absolute Gasteiger partial charge is 0.195 e. The second-order valence-electron chi connectivity index (χ2n) is 4.07. The second kappa shape index (κ2) is 4.09. The summed E-state index contributed by atoms with van der Waals surface area (Å²) >= 11 is 5.19. The normalized spacial score (nSPS) is 13.9. The quantitative estimate of drug-likeness (QED) is 0.830. The average Bonchev–Trinajstić information content (AvgIpc) is 2.93. The van der Waals surface area contributed by atoms with Crippen LogP contribution in [0.25, 0.3) is 11.4 Å².